The van der Waals surface area contributed by atoms with E-state index in [1.54, 1.807) is 14.0 Å². The van der Waals surface area contributed by atoms with E-state index >= 15 is 0 Å². The molecule has 0 spiro atoms. The number of rotatable bonds is 5. The van der Waals surface area contributed by atoms with Crippen molar-refractivity contribution >= 4 is 29.2 Å². The van der Waals surface area contributed by atoms with Crippen LogP contribution in [0.3, 0.4) is 0 Å². The predicted octanol–water partition coefficient (Wildman–Crippen LogP) is 3.64. The Hall–Kier alpha value is -2.43. The Labute approximate surface area is 154 Å². The molecular weight excluding hydrogens is 369 g/mol. The Morgan fingerprint density at radius 3 is 2.56 bits per heavy atom. The fraction of sp³-hybridized carbons (Fsp3) is 0.312. The van der Waals surface area contributed by atoms with Gasteiger partial charge in [-0.15, -0.1) is 0 Å². The van der Waals surface area contributed by atoms with Crippen molar-refractivity contribution in [2.75, 3.05) is 7.11 Å². The van der Waals surface area contributed by atoms with Crippen molar-refractivity contribution < 1.29 is 19.0 Å². The van der Waals surface area contributed by atoms with Gasteiger partial charge in [-0.2, -0.15) is 10.4 Å². The third-order valence-electron chi connectivity index (χ3n) is 3.31. The second kappa shape index (κ2) is 7.64. The van der Waals surface area contributed by atoms with Gasteiger partial charge in [-0.1, -0.05) is 23.2 Å². The van der Waals surface area contributed by atoms with E-state index in [-0.39, 0.29) is 27.4 Å². The molecular formula is C16H15Cl2N3O4. The van der Waals surface area contributed by atoms with Gasteiger partial charge in [0.15, 0.2) is 11.9 Å². The third-order valence-corrected chi connectivity index (χ3v) is 3.90. The maximum atomic E-state index is 11.5. The van der Waals surface area contributed by atoms with Crippen LogP contribution >= 0.6 is 23.2 Å². The summed E-state index contributed by atoms with van der Waals surface area (Å²) in [6.45, 7) is 3.22. The van der Waals surface area contributed by atoms with Crippen molar-refractivity contribution in [2.24, 2.45) is 7.05 Å². The minimum atomic E-state index is -0.870. The van der Waals surface area contributed by atoms with E-state index in [9.17, 15) is 10.1 Å². The summed E-state index contributed by atoms with van der Waals surface area (Å²) in [5.74, 6) is 0.0766. The number of esters is 1. The second-order valence-electron chi connectivity index (χ2n) is 5.10. The van der Waals surface area contributed by atoms with Crippen LogP contribution < -0.4 is 9.47 Å². The highest BCUT2D eigenvalue weighted by Gasteiger charge is 2.21. The molecule has 2 aromatic rings. The number of hydrogen-bond donors (Lipinski definition) is 0. The molecule has 25 heavy (non-hydrogen) atoms. The molecule has 0 unspecified atom stereocenters. The molecule has 7 nitrogen and oxygen atoms in total. The van der Waals surface area contributed by atoms with E-state index in [4.69, 9.17) is 32.7 Å². The van der Waals surface area contributed by atoms with Gasteiger partial charge in [0, 0.05) is 13.1 Å². The normalized spacial score (nSPS) is 11.6. The Bertz CT molecular complexity index is 858. The van der Waals surface area contributed by atoms with Gasteiger partial charge in [0.25, 0.3) is 0 Å². The molecule has 0 N–H and O–H groups in total. The summed E-state index contributed by atoms with van der Waals surface area (Å²) >= 11 is 12.3. The van der Waals surface area contributed by atoms with Crippen molar-refractivity contribution in [3.8, 4) is 23.4 Å². The number of nitriles is 1. The van der Waals surface area contributed by atoms with Crippen LogP contribution in [0, 0.1) is 18.3 Å². The molecule has 0 saturated heterocycles. The zero-order valence-electron chi connectivity index (χ0n) is 14.0. The molecule has 0 bridgehead atoms. The number of nitrogens with zero attached hydrogens (tertiary/aromatic N) is 3. The number of methoxy groups -OCH3 is 1. The Morgan fingerprint density at radius 2 is 1.96 bits per heavy atom. The quantitative estimate of drug-likeness (QED) is 0.732. The summed E-state index contributed by atoms with van der Waals surface area (Å²) in [7, 11) is 2.90. The van der Waals surface area contributed by atoms with Crippen LogP contribution in [-0.2, 0) is 16.6 Å². The average Bonchev–Trinajstić information content (AvgIpc) is 2.83. The standard InChI is InChI=1S/C16H15Cl2N3O4/c1-8-10(7-19)15(21(3)20-8)25-14-6-13(11(17)5-12(14)18)24-9(2)16(22)23-4/h5-6,9H,1-4H3/t9-/m0/s1. The van der Waals surface area contributed by atoms with Gasteiger partial charge in [0.2, 0.25) is 5.88 Å². The van der Waals surface area contributed by atoms with E-state index < -0.39 is 12.1 Å². The number of aryl methyl sites for hydroxylation is 2. The molecule has 0 saturated carbocycles. The lowest BCUT2D eigenvalue weighted by atomic mass is 10.3. The van der Waals surface area contributed by atoms with E-state index in [1.165, 1.54) is 30.8 Å². The third kappa shape index (κ3) is 3.98. The summed E-state index contributed by atoms with van der Waals surface area (Å²) in [6.07, 6.45) is -0.870. The van der Waals surface area contributed by atoms with Crippen LogP contribution in [0.5, 0.6) is 17.4 Å². The highest BCUT2D eigenvalue weighted by atomic mass is 35.5. The first-order valence-electron chi connectivity index (χ1n) is 7.13. The number of ether oxygens (including phenoxy) is 3. The first-order valence-corrected chi connectivity index (χ1v) is 7.89. The fourth-order valence-corrected chi connectivity index (χ4v) is 2.54. The van der Waals surface area contributed by atoms with Crippen molar-refractivity contribution in [1.29, 1.82) is 5.26 Å². The molecule has 1 aromatic heterocycles. The summed E-state index contributed by atoms with van der Waals surface area (Å²) in [6, 6.07) is 4.90. The zero-order chi connectivity index (χ0) is 18.7. The molecule has 0 radical (unpaired) electrons. The van der Waals surface area contributed by atoms with Crippen LogP contribution in [-0.4, -0.2) is 29.0 Å². The molecule has 2 rings (SSSR count). The predicted molar refractivity (Wildman–Crippen MR) is 91.3 cm³/mol. The van der Waals surface area contributed by atoms with E-state index in [0.717, 1.165) is 0 Å². The minimum absolute atomic E-state index is 0.191. The van der Waals surface area contributed by atoms with Crippen molar-refractivity contribution in [1.82, 2.24) is 9.78 Å². The van der Waals surface area contributed by atoms with E-state index in [2.05, 4.69) is 9.84 Å². The van der Waals surface area contributed by atoms with Gasteiger partial charge in [-0.05, 0) is 19.9 Å². The number of aromatic nitrogens is 2. The first-order chi connectivity index (χ1) is 11.8. The SMILES string of the molecule is COC(=O)[C@H](C)Oc1cc(Oc2c(C#N)c(C)nn2C)c(Cl)cc1Cl. The number of halogens is 2. The molecule has 1 aromatic carbocycles. The lowest BCUT2D eigenvalue weighted by molar-refractivity contribution is -0.147. The highest BCUT2D eigenvalue weighted by molar-refractivity contribution is 6.36. The van der Waals surface area contributed by atoms with Gasteiger partial charge in [0.1, 0.15) is 17.4 Å². The Balaban J connectivity index is 2.38. The van der Waals surface area contributed by atoms with Gasteiger partial charge < -0.3 is 14.2 Å². The summed E-state index contributed by atoms with van der Waals surface area (Å²) in [4.78, 5) is 11.5. The fourth-order valence-electron chi connectivity index (χ4n) is 2.07. The summed E-state index contributed by atoms with van der Waals surface area (Å²) in [5, 5.41) is 13.8. The molecule has 0 amide bonds. The van der Waals surface area contributed by atoms with Gasteiger partial charge >= 0.3 is 5.97 Å². The molecule has 1 atom stereocenters. The molecule has 132 valence electrons. The van der Waals surface area contributed by atoms with Crippen molar-refractivity contribution in [3.05, 3.63) is 33.4 Å². The lowest BCUT2D eigenvalue weighted by Gasteiger charge is -2.16. The Kier molecular flexibility index (Phi) is 5.77. The van der Waals surface area contributed by atoms with Crippen LogP contribution in [0.15, 0.2) is 12.1 Å². The average molecular weight is 384 g/mol. The van der Waals surface area contributed by atoms with Crippen molar-refractivity contribution in [2.45, 2.75) is 20.0 Å². The molecule has 0 fully saturated rings. The summed E-state index contributed by atoms with van der Waals surface area (Å²) in [5.41, 5.74) is 0.819. The van der Waals surface area contributed by atoms with Crippen LogP contribution in [0.25, 0.3) is 0 Å². The zero-order valence-corrected chi connectivity index (χ0v) is 15.5. The topological polar surface area (TPSA) is 86.4 Å². The smallest absolute Gasteiger partial charge is 0.346 e. The number of carbonyl (C=O) groups is 1. The summed E-state index contributed by atoms with van der Waals surface area (Å²) < 4.78 is 17.3. The monoisotopic (exact) mass is 383 g/mol. The van der Waals surface area contributed by atoms with Gasteiger partial charge in [-0.25, -0.2) is 9.48 Å². The molecule has 0 aliphatic heterocycles. The Morgan fingerprint density at radius 1 is 1.32 bits per heavy atom. The maximum Gasteiger partial charge on any atom is 0.346 e. The highest BCUT2D eigenvalue weighted by Crippen LogP contribution is 2.39. The number of benzene rings is 1. The number of carbonyl (C=O) groups excluding carboxylic acids is 1. The van der Waals surface area contributed by atoms with Crippen LogP contribution in [0.2, 0.25) is 10.0 Å². The molecule has 1 heterocycles. The minimum Gasteiger partial charge on any atom is -0.477 e. The maximum absolute atomic E-state index is 11.5. The lowest BCUT2D eigenvalue weighted by Crippen LogP contribution is -2.25. The van der Waals surface area contributed by atoms with Crippen LogP contribution in [0.4, 0.5) is 0 Å². The van der Waals surface area contributed by atoms with Gasteiger partial charge in [0.05, 0.1) is 22.8 Å². The number of hydrogen-bond acceptors (Lipinski definition) is 6. The van der Waals surface area contributed by atoms with E-state index in [1.807, 2.05) is 6.07 Å². The largest absolute Gasteiger partial charge is 0.477 e. The second-order valence-corrected chi connectivity index (χ2v) is 5.91. The van der Waals surface area contributed by atoms with Crippen LogP contribution in [0.1, 0.15) is 18.2 Å². The van der Waals surface area contributed by atoms with Gasteiger partial charge in [-0.3, -0.25) is 0 Å². The van der Waals surface area contributed by atoms with Crippen molar-refractivity contribution in [3.63, 3.8) is 0 Å². The van der Waals surface area contributed by atoms with E-state index in [0.29, 0.717) is 11.3 Å². The molecule has 0 aliphatic carbocycles. The molecule has 9 heteroatoms. The first kappa shape index (κ1) is 18.9. The molecule has 0 aliphatic rings.